The van der Waals surface area contributed by atoms with Crippen LogP contribution in [0.3, 0.4) is 0 Å². The molecular weight excluding hydrogens is 362 g/mol. The minimum Gasteiger partial charge on any atom is -0.376 e. The van der Waals surface area contributed by atoms with Gasteiger partial charge in [0.15, 0.2) is 5.13 Å². The molecule has 2 aromatic rings. The Hall–Kier alpha value is -1.96. The van der Waals surface area contributed by atoms with Gasteiger partial charge in [0.25, 0.3) is 5.91 Å². The van der Waals surface area contributed by atoms with E-state index in [1.165, 1.54) is 16.2 Å². The minimum atomic E-state index is -0.282. The monoisotopic (exact) mass is 379 g/mol. The molecule has 0 aliphatic carbocycles. The first-order valence-electron chi connectivity index (χ1n) is 7.97. The van der Waals surface area contributed by atoms with E-state index in [4.69, 9.17) is 16.3 Å². The maximum atomic E-state index is 12.8. The van der Waals surface area contributed by atoms with Crippen LogP contribution in [-0.2, 0) is 9.53 Å². The van der Waals surface area contributed by atoms with Gasteiger partial charge in [-0.25, -0.2) is 4.98 Å². The number of aromatic nitrogens is 1. The lowest BCUT2D eigenvalue weighted by Gasteiger charge is -2.25. The van der Waals surface area contributed by atoms with Gasteiger partial charge in [-0.3, -0.25) is 9.59 Å². The topological polar surface area (TPSA) is 71.5 Å². The van der Waals surface area contributed by atoms with Gasteiger partial charge in [0.05, 0.1) is 6.10 Å². The number of ether oxygens (including phenoxy) is 1. The molecule has 6 nitrogen and oxygen atoms in total. The maximum Gasteiger partial charge on any atom is 0.254 e. The van der Waals surface area contributed by atoms with E-state index in [2.05, 4.69) is 10.3 Å². The number of nitrogens with one attached hydrogen (secondary N) is 1. The summed E-state index contributed by atoms with van der Waals surface area (Å²) < 4.78 is 5.62. The third-order valence-corrected chi connectivity index (χ3v) is 4.78. The van der Waals surface area contributed by atoms with Gasteiger partial charge in [-0.1, -0.05) is 11.6 Å². The largest absolute Gasteiger partial charge is 0.376 e. The molecule has 1 fully saturated rings. The van der Waals surface area contributed by atoms with Crippen LogP contribution in [0.4, 0.5) is 5.13 Å². The molecule has 8 heteroatoms. The minimum absolute atomic E-state index is 0.0380. The van der Waals surface area contributed by atoms with Crippen molar-refractivity contribution in [3.8, 4) is 0 Å². The number of hydrogen-bond acceptors (Lipinski definition) is 5. The number of thiazole rings is 1. The second kappa shape index (κ2) is 8.42. The van der Waals surface area contributed by atoms with Gasteiger partial charge in [-0.15, -0.1) is 11.3 Å². The molecule has 1 unspecified atom stereocenters. The zero-order valence-electron chi connectivity index (χ0n) is 13.5. The van der Waals surface area contributed by atoms with Gasteiger partial charge in [0.2, 0.25) is 5.91 Å². The molecule has 0 spiro atoms. The molecule has 25 heavy (non-hydrogen) atoms. The van der Waals surface area contributed by atoms with E-state index in [0.29, 0.717) is 28.9 Å². The van der Waals surface area contributed by atoms with Crippen molar-refractivity contribution in [1.82, 2.24) is 9.88 Å². The predicted octanol–water partition coefficient (Wildman–Crippen LogP) is 3.06. The van der Waals surface area contributed by atoms with Crippen molar-refractivity contribution in [2.24, 2.45) is 0 Å². The van der Waals surface area contributed by atoms with E-state index in [1.807, 2.05) is 0 Å². The average molecular weight is 380 g/mol. The molecule has 1 aromatic heterocycles. The van der Waals surface area contributed by atoms with Crippen LogP contribution in [0, 0.1) is 0 Å². The Morgan fingerprint density at radius 2 is 2.16 bits per heavy atom. The summed E-state index contributed by atoms with van der Waals surface area (Å²) in [5, 5.41) is 5.56. The van der Waals surface area contributed by atoms with Crippen molar-refractivity contribution in [3.05, 3.63) is 46.4 Å². The Morgan fingerprint density at radius 1 is 1.36 bits per heavy atom. The summed E-state index contributed by atoms with van der Waals surface area (Å²) in [6.45, 7) is 1.02. The highest BCUT2D eigenvalue weighted by Crippen LogP contribution is 2.17. The van der Waals surface area contributed by atoms with Crippen LogP contribution < -0.4 is 5.32 Å². The second-order valence-corrected chi connectivity index (χ2v) is 7.04. The molecule has 1 atom stereocenters. The highest BCUT2D eigenvalue weighted by Gasteiger charge is 2.25. The van der Waals surface area contributed by atoms with Crippen LogP contribution in [-0.4, -0.2) is 47.5 Å². The van der Waals surface area contributed by atoms with E-state index in [1.54, 1.807) is 35.8 Å². The van der Waals surface area contributed by atoms with Crippen molar-refractivity contribution in [2.45, 2.75) is 18.9 Å². The van der Waals surface area contributed by atoms with Crippen LogP contribution >= 0.6 is 22.9 Å². The van der Waals surface area contributed by atoms with Crippen molar-refractivity contribution in [1.29, 1.82) is 0 Å². The molecule has 1 aliphatic heterocycles. The van der Waals surface area contributed by atoms with Crippen LogP contribution in [0.15, 0.2) is 35.8 Å². The van der Waals surface area contributed by atoms with Gasteiger partial charge < -0.3 is 15.0 Å². The zero-order chi connectivity index (χ0) is 17.6. The van der Waals surface area contributed by atoms with Crippen LogP contribution in [0.25, 0.3) is 0 Å². The highest BCUT2D eigenvalue weighted by atomic mass is 35.5. The lowest BCUT2D eigenvalue weighted by atomic mass is 10.1. The van der Waals surface area contributed by atoms with E-state index in [0.717, 1.165) is 12.8 Å². The number of anilines is 1. The van der Waals surface area contributed by atoms with Gasteiger partial charge in [0.1, 0.15) is 6.54 Å². The van der Waals surface area contributed by atoms with Gasteiger partial charge >= 0.3 is 0 Å². The summed E-state index contributed by atoms with van der Waals surface area (Å²) >= 11 is 7.21. The fourth-order valence-electron chi connectivity index (χ4n) is 2.65. The molecule has 132 valence electrons. The van der Waals surface area contributed by atoms with E-state index in [-0.39, 0.29) is 24.5 Å². The fraction of sp³-hybridized carbons (Fsp3) is 0.353. The Bertz CT molecular complexity index is 715. The van der Waals surface area contributed by atoms with Gasteiger partial charge in [0, 0.05) is 35.3 Å². The van der Waals surface area contributed by atoms with E-state index < -0.39 is 0 Å². The number of amides is 2. The molecule has 2 amide bonds. The Morgan fingerprint density at radius 3 is 2.80 bits per heavy atom. The maximum absolute atomic E-state index is 12.8. The number of hydrogen-bond donors (Lipinski definition) is 1. The first kappa shape index (κ1) is 17.8. The van der Waals surface area contributed by atoms with Gasteiger partial charge in [-0.2, -0.15) is 0 Å². The molecular formula is C17H18ClN3O3S. The van der Waals surface area contributed by atoms with E-state index in [9.17, 15) is 9.59 Å². The lowest BCUT2D eigenvalue weighted by Crippen LogP contribution is -2.42. The molecule has 0 saturated carbocycles. The second-order valence-electron chi connectivity index (χ2n) is 5.71. The number of carbonyl (C=O) groups excluding carboxylic acids is 2. The Labute approximate surface area is 154 Å². The molecule has 1 aromatic carbocycles. The number of halogens is 1. The Kier molecular flexibility index (Phi) is 6.01. The molecule has 0 radical (unpaired) electrons. The quantitative estimate of drug-likeness (QED) is 0.837. The average Bonchev–Trinajstić information content (AvgIpc) is 3.28. The summed E-state index contributed by atoms with van der Waals surface area (Å²) in [6.07, 6.45) is 3.43. The van der Waals surface area contributed by atoms with Gasteiger partial charge in [-0.05, 0) is 37.1 Å². The number of carbonyl (C=O) groups is 2. The Balaban J connectivity index is 1.70. The van der Waals surface area contributed by atoms with E-state index >= 15 is 0 Å². The lowest BCUT2D eigenvalue weighted by molar-refractivity contribution is -0.117. The molecule has 1 N–H and O–H groups in total. The first-order chi connectivity index (χ1) is 12.1. The molecule has 1 aliphatic rings. The van der Waals surface area contributed by atoms with Crippen molar-refractivity contribution in [2.75, 3.05) is 25.0 Å². The normalized spacial score (nSPS) is 16.6. The van der Waals surface area contributed by atoms with Crippen LogP contribution in [0.5, 0.6) is 0 Å². The molecule has 3 rings (SSSR count). The summed E-state index contributed by atoms with van der Waals surface area (Å²) in [5.41, 5.74) is 0.490. The number of rotatable bonds is 6. The third-order valence-electron chi connectivity index (χ3n) is 3.84. The van der Waals surface area contributed by atoms with Crippen molar-refractivity contribution in [3.63, 3.8) is 0 Å². The highest BCUT2D eigenvalue weighted by molar-refractivity contribution is 7.13. The molecule has 2 heterocycles. The van der Waals surface area contributed by atoms with Crippen molar-refractivity contribution < 1.29 is 14.3 Å². The smallest absolute Gasteiger partial charge is 0.254 e. The predicted molar refractivity (Wildman–Crippen MR) is 97.1 cm³/mol. The number of benzene rings is 1. The zero-order valence-corrected chi connectivity index (χ0v) is 15.1. The summed E-state index contributed by atoms with van der Waals surface area (Å²) in [6, 6.07) is 6.64. The third kappa shape index (κ3) is 5.01. The van der Waals surface area contributed by atoms with Crippen LogP contribution in [0.1, 0.15) is 23.2 Å². The SMILES string of the molecule is O=C(CN(CC1CCCO1)C(=O)c1ccc(Cl)cc1)Nc1nccs1. The molecule has 0 bridgehead atoms. The summed E-state index contributed by atoms with van der Waals surface area (Å²) in [7, 11) is 0. The van der Waals surface area contributed by atoms with Crippen LogP contribution in [0.2, 0.25) is 5.02 Å². The fourth-order valence-corrected chi connectivity index (χ4v) is 3.32. The summed E-state index contributed by atoms with van der Waals surface area (Å²) in [4.78, 5) is 30.6. The number of nitrogens with zero attached hydrogens (tertiary/aromatic N) is 2. The van der Waals surface area contributed by atoms with Crippen molar-refractivity contribution >= 4 is 39.9 Å². The standard InChI is InChI=1S/C17H18ClN3O3S/c18-13-5-3-12(4-6-13)16(23)21(10-14-2-1-8-24-14)11-15(22)20-17-19-7-9-25-17/h3-7,9,14H,1-2,8,10-11H2,(H,19,20,22). The first-order valence-corrected chi connectivity index (χ1v) is 9.23. The molecule has 1 saturated heterocycles. The summed E-state index contributed by atoms with van der Waals surface area (Å²) in [5.74, 6) is -0.503.